The molecule has 0 aliphatic carbocycles. The van der Waals surface area contributed by atoms with E-state index in [0.717, 1.165) is 49.4 Å². The number of hydrogen-bond donors (Lipinski definition) is 0. The lowest BCUT2D eigenvalue weighted by Crippen LogP contribution is -1.77. The van der Waals surface area contributed by atoms with E-state index in [1.54, 1.807) is 12.2 Å². The van der Waals surface area contributed by atoms with E-state index >= 15 is 0 Å². The molecule has 0 aromatic carbocycles. The van der Waals surface area contributed by atoms with Crippen molar-refractivity contribution >= 4 is 12.6 Å². The number of rotatable bonds is 8. The van der Waals surface area contributed by atoms with Crippen LogP contribution < -0.4 is 0 Å². The molecule has 0 spiro atoms. The van der Waals surface area contributed by atoms with Gasteiger partial charge in [-0.05, 0) is 79.4 Å². The van der Waals surface area contributed by atoms with Gasteiger partial charge < -0.3 is 0 Å². The van der Waals surface area contributed by atoms with Crippen molar-refractivity contribution in [2.75, 3.05) is 0 Å². The Balaban J connectivity index is 0. The van der Waals surface area contributed by atoms with Crippen LogP contribution in [0.4, 0.5) is 0 Å². The molecule has 0 N–H and O–H groups in total. The largest absolute Gasteiger partial charge is 0.299 e. The molecule has 0 atom stereocenters. The molecule has 0 aromatic rings. The van der Waals surface area contributed by atoms with Crippen molar-refractivity contribution in [3.8, 4) is 0 Å². The molecule has 0 radical (unpaired) electrons. The van der Waals surface area contributed by atoms with Gasteiger partial charge in [-0.1, -0.05) is 34.4 Å². The quantitative estimate of drug-likeness (QED) is 0.325. The van der Waals surface area contributed by atoms with Gasteiger partial charge in [0, 0.05) is 0 Å². The molecular formula is C20H32O2. The highest BCUT2D eigenvalue weighted by atomic mass is 16.1. The summed E-state index contributed by atoms with van der Waals surface area (Å²) in [6, 6.07) is 0. The van der Waals surface area contributed by atoms with Gasteiger partial charge in [-0.15, -0.1) is 0 Å². The summed E-state index contributed by atoms with van der Waals surface area (Å²) in [7, 11) is 0. The first-order valence-electron chi connectivity index (χ1n) is 7.82. The zero-order valence-electron chi connectivity index (χ0n) is 15.1. The molecule has 0 aliphatic rings. The molecule has 0 aromatic heterocycles. The van der Waals surface area contributed by atoms with Crippen molar-refractivity contribution in [3.05, 3.63) is 46.6 Å². The zero-order valence-corrected chi connectivity index (χ0v) is 15.1. The highest BCUT2D eigenvalue weighted by Gasteiger charge is 1.87. The van der Waals surface area contributed by atoms with Gasteiger partial charge in [0.25, 0.3) is 0 Å². The van der Waals surface area contributed by atoms with Crippen LogP contribution in [0, 0.1) is 0 Å². The maximum absolute atomic E-state index is 10.0. The van der Waals surface area contributed by atoms with Crippen molar-refractivity contribution in [3.63, 3.8) is 0 Å². The van der Waals surface area contributed by atoms with E-state index in [0.29, 0.717) is 0 Å². The molecule has 0 fully saturated rings. The number of allylic oxidation sites excluding steroid dienone is 8. The first-order chi connectivity index (χ1) is 10.3. The second-order valence-corrected chi connectivity index (χ2v) is 5.94. The third-order valence-electron chi connectivity index (χ3n) is 2.89. The molecule has 0 heterocycles. The minimum Gasteiger partial charge on any atom is -0.299 e. The SMILES string of the molecule is CC(C)=CCC/C(C)=C/C=O.CC(C)=CCC/C(C)=C/C=O. The molecule has 2 nitrogen and oxygen atoms in total. The standard InChI is InChI=1S/2C10H16O/c2*1-9(2)5-4-6-10(3)7-8-11/h2*5,7-8H,4,6H2,1-3H3/b2*10-7+. The van der Waals surface area contributed by atoms with Gasteiger partial charge in [-0.3, -0.25) is 9.59 Å². The van der Waals surface area contributed by atoms with Crippen LogP contribution in [0.1, 0.15) is 67.2 Å². The Kier molecular flexibility index (Phi) is 16.1. The average Bonchev–Trinajstić information content (AvgIpc) is 2.39. The first kappa shape index (κ1) is 22.6. The number of carbonyl (C=O) groups is 2. The van der Waals surface area contributed by atoms with Crippen molar-refractivity contribution in [2.24, 2.45) is 0 Å². The van der Waals surface area contributed by atoms with Gasteiger partial charge in [0.2, 0.25) is 0 Å². The first-order valence-corrected chi connectivity index (χ1v) is 7.82. The maximum Gasteiger partial charge on any atom is 0.142 e. The van der Waals surface area contributed by atoms with Crippen molar-refractivity contribution in [1.29, 1.82) is 0 Å². The van der Waals surface area contributed by atoms with Crippen LogP contribution in [0.15, 0.2) is 46.6 Å². The maximum atomic E-state index is 10.0. The van der Waals surface area contributed by atoms with E-state index in [2.05, 4.69) is 39.8 Å². The summed E-state index contributed by atoms with van der Waals surface area (Å²) in [5, 5.41) is 0. The highest BCUT2D eigenvalue weighted by molar-refractivity contribution is 5.66. The summed E-state index contributed by atoms with van der Waals surface area (Å²) >= 11 is 0. The second-order valence-electron chi connectivity index (χ2n) is 5.94. The number of hydrogen-bond acceptors (Lipinski definition) is 2. The number of carbonyl (C=O) groups excluding carboxylic acids is 2. The topological polar surface area (TPSA) is 34.1 Å². The lowest BCUT2D eigenvalue weighted by atomic mass is 10.1. The van der Waals surface area contributed by atoms with Gasteiger partial charge in [0.05, 0.1) is 0 Å². The summed E-state index contributed by atoms with van der Waals surface area (Å²) in [6.45, 7) is 12.3. The van der Waals surface area contributed by atoms with Gasteiger partial charge >= 0.3 is 0 Å². The van der Waals surface area contributed by atoms with Gasteiger partial charge in [-0.25, -0.2) is 0 Å². The fourth-order valence-corrected chi connectivity index (χ4v) is 1.58. The van der Waals surface area contributed by atoms with E-state index < -0.39 is 0 Å². The molecule has 0 aliphatic heterocycles. The van der Waals surface area contributed by atoms with E-state index in [1.807, 2.05) is 13.8 Å². The Bertz CT molecular complexity index is 385. The van der Waals surface area contributed by atoms with Crippen LogP contribution >= 0.6 is 0 Å². The Morgan fingerprint density at radius 1 is 0.636 bits per heavy atom. The summed E-state index contributed by atoms with van der Waals surface area (Å²) in [5.41, 5.74) is 4.97. The second kappa shape index (κ2) is 15.7. The lowest BCUT2D eigenvalue weighted by Gasteiger charge is -1.94. The predicted octanol–water partition coefficient (Wildman–Crippen LogP) is 5.76. The van der Waals surface area contributed by atoms with Gasteiger partial charge in [0.1, 0.15) is 12.6 Å². The van der Waals surface area contributed by atoms with Crippen LogP contribution in [0.25, 0.3) is 0 Å². The van der Waals surface area contributed by atoms with Crippen molar-refractivity contribution in [1.82, 2.24) is 0 Å². The minimum atomic E-state index is 0.845. The van der Waals surface area contributed by atoms with Crippen LogP contribution in [0.5, 0.6) is 0 Å². The third kappa shape index (κ3) is 20.6. The summed E-state index contributed by atoms with van der Waals surface area (Å²) < 4.78 is 0. The van der Waals surface area contributed by atoms with E-state index in [9.17, 15) is 9.59 Å². The normalized spacial score (nSPS) is 11.0. The van der Waals surface area contributed by atoms with E-state index in [-0.39, 0.29) is 0 Å². The zero-order chi connectivity index (χ0) is 17.4. The smallest absolute Gasteiger partial charge is 0.142 e. The Hall–Kier alpha value is -1.70. The predicted molar refractivity (Wildman–Crippen MR) is 97.0 cm³/mol. The Labute approximate surface area is 136 Å². The average molecular weight is 304 g/mol. The van der Waals surface area contributed by atoms with E-state index in [4.69, 9.17) is 0 Å². The molecule has 0 bridgehead atoms. The minimum absolute atomic E-state index is 0.845. The van der Waals surface area contributed by atoms with Crippen molar-refractivity contribution < 1.29 is 9.59 Å². The molecule has 0 saturated carbocycles. The van der Waals surface area contributed by atoms with Crippen LogP contribution in [0.3, 0.4) is 0 Å². The molecule has 0 saturated heterocycles. The highest BCUT2D eigenvalue weighted by Crippen LogP contribution is 2.05. The van der Waals surface area contributed by atoms with Crippen LogP contribution in [-0.4, -0.2) is 12.6 Å². The molecule has 0 amide bonds. The lowest BCUT2D eigenvalue weighted by molar-refractivity contribution is -0.104. The monoisotopic (exact) mass is 304 g/mol. The van der Waals surface area contributed by atoms with Crippen LogP contribution in [-0.2, 0) is 9.59 Å². The summed E-state index contributed by atoms with van der Waals surface area (Å²) in [4.78, 5) is 20.0. The molecule has 0 rings (SSSR count). The molecular weight excluding hydrogens is 272 g/mol. The molecule has 0 unspecified atom stereocenters. The van der Waals surface area contributed by atoms with Gasteiger partial charge in [-0.2, -0.15) is 0 Å². The fourth-order valence-electron chi connectivity index (χ4n) is 1.58. The molecule has 2 heteroatoms. The van der Waals surface area contributed by atoms with Gasteiger partial charge in [0.15, 0.2) is 0 Å². The van der Waals surface area contributed by atoms with Crippen molar-refractivity contribution in [2.45, 2.75) is 67.2 Å². The molecule has 22 heavy (non-hydrogen) atoms. The third-order valence-corrected chi connectivity index (χ3v) is 2.89. The van der Waals surface area contributed by atoms with Crippen LogP contribution in [0.2, 0.25) is 0 Å². The van der Waals surface area contributed by atoms with E-state index in [1.165, 1.54) is 11.1 Å². The molecule has 124 valence electrons. The fraction of sp³-hybridized carbons (Fsp3) is 0.500. The summed E-state index contributed by atoms with van der Waals surface area (Å²) in [5.74, 6) is 0. The number of aldehydes is 2. The Morgan fingerprint density at radius 2 is 0.955 bits per heavy atom. The summed E-state index contributed by atoms with van der Waals surface area (Å²) in [6.07, 6.45) is 13.4. The Morgan fingerprint density at radius 3 is 1.18 bits per heavy atom.